The molecule has 0 radical (unpaired) electrons. The van der Waals surface area contributed by atoms with E-state index < -0.39 is 10.0 Å². The van der Waals surface area contributed by atoms with Crippen LogP contribution in [-0.2, 0) is 10.0 Å². The Kier molecular flexibility index (Phi) is 6.87. The Morgan fingerprint density at radius 1 is 1.05 bits per heavy atom. The van der Waals surface area contributed by atoms with Gasteiger partial charge in [-0.3, -0.25) is 4.72 Å². The lowest BCUT2D eigenvalue weighted by atomic mass is 10.2. The third-order valence-corrected chi connectivity index (χ3v) is 4.14. The summed E-state index contributed by atoms with van der Waals surface area (Å²) < 4.78 is 26.3. The fourth-order valence-corrected chi connectivity index (χ4v) is 2.88. The van der Waals surface area contributed by atoms with Crippen molar-refractivity contribution in [2.75, 3.05) is 23.6 Å². The van der Waals surface area contributed by atoms with Crippen LogP contribution >= 0.6 is 0 Å². The predicted octanol–water partition coefficient (Wildman–Crippen LogP) is 2.52. The van der Waals surface area contributed by atoms with Crippen LogP contribution in [0.5, 0.6) is 0 Å². The SMILES string of the molecule is CCCNCCCCS(=O)(=O)Nc1ccc(C)cc1. The molecule has 0 bridgehead atoms. The van der Waals surface area contributed by atoms with Crippen LogP contribution < -0.4 is 10.0 Å². The normalized spacial score (nSPS) is 11.5. The van der Waals surface area contributed by atoms with Gasteiger partial charge in [-0.15, -0.1) is 0 Å². The van der Waals surface area contributed by atoms with E-state index in [1.807, 2.05) is 19.1 Å². The molecule has 0 fully saturated rings. The highest BCUT2D eigenvalue weighted by molar-refractivity contribution is 7.92. The molecule has 1 rings (SSSR count). The maximum atomic E-state index is 11.8. The second-order valence-corrected chi connectivity index (χ2v) is 6.59. The molecule has 0 aromatic heterocycles. The van der Waals surface area contributed by atoms with Gasteiger partial charge in [-0.2, -0.15) is 0 Å². The van der Waals surface area contributed by atoms with Crippen molar-refractivity contribution in [2.24, 2.45) is 0 Å². The van der Waals surface area contributed by atoms with Gasteiger partial charge in [-0.25, -0.2) is 8.42 Å². The molecule has 1 aromatic rings. The van der Waals surface area contributed by atoms with E-state index in [1.54, 1.807) is 12.1 Å². The first-order chi connectivity index (χ1) is 9.03. The smallest absolute Gasteiger partial charge is 0.232 e. The number of rotatable bonds is 9. The molecule has 4 nitrogen and oxygen atoms in total. The molecule has 2 N–H and O–H groups in total. The number of hydrogen-bond donors (Lipinski definition) is 2. The largest absolute Gasteiger partial charge is 0.317 e. The summed E-state index contributed by atoms with van der Waals surface area (Å²) in [6, 6.07) is 7.37. The first-order valence-electron chi connectivity index (χ1n) is 6.81. The van der Waals surface area contributed by atoms with E-state index in [2.05, 4.69) is 17.0 Å². The van der Waals surface area contributed by atoms with E-state index >= 15 is 0 Å². The Balaban J connectivity index is 2.30. The Bertz CT molecular complexity index is 455. The van der Waals surface area contributed by atoms with E-state index in [4.69, 9.17) is 0 Å². The Labute approximate surface area is 116 Å². The van der Waals surface area contributed by atoms with E-state index in [1.165, 1.54) is 0 Å². The lowest BCUT2D eigenvalue weighted by molar-refractivity contribution is 0.590. The second-order valence-electron chi connectivity index (χ2n) is 4.74. The zero-order valence-electron chi connectivity index (χ0n) is 11.8. The maximum Gasteiger partial charge on any atom is 0.232 e. The number of unbranched alkanes of at least 4 members (excludes halogenated alkanes) is 1. The molecule has 0 saturated carbocycles. The first-order valence-corrected chi connectivity index (χ1v) is 8.46. The van der Waals surface area contributed by atoms with E-state index in [-0.39, 0.29) is 5.75 Å². The van der Waals surface area contributed by atoms with E-state index in [9.17, 15) is 8.42 Å². The number of sulfonamides is 1. The summed E-state index contributed by atoms with van der Waals surface area (Å²) in [5.74, 6) is 0.175. The zero-order chi connectivity index (χ0) is 14.1. The first kappa shape index (κ1) is 16.0. The Hall–Kier alpha value is -1.07. The van der Waals surface area contributed by atoms with Gasteiger partial charge >= 0.3 is 0 Å². The summed E-state index contributed by atoms with van der Waals surface area (Å²) in [6.45, 7) is 5.97. The average molecular weight is 284 g/mol. The number of aryl methyl sites for hydroxylation is 1. The van der Waals surface area contributed by atoms with Crippen molar-refractivity contribution in [2.45, 2.75) is 33.1 Å². The van der Waals surface area contributed by atoms with Gasteiger partial charge in [0, 0.05) is 5.69 Å². The van der Waals surface area contributed by atoms with Crippen molar-refractivity contribution >= 4 is 15.7 Å². The fourth-order valence-electron chi connectivity index (χ4n) is 1.70. The van der Waals surface area contributed by atoms with Crippen molar-refractivity contribution in [3.05, 3.63) is 29.8 Å². The third-order valence-electron chi connectivity index (χ3n) is 2.77. The lowest BCUT2D eigenvalue weighted by Crippen LogP contribution is -2.19. The molecule has 1 aromatic carbocycles. The Morgan fingerprint density at radius 3 is 2.37 bits per heavy atom. The van der Waals surface area contributed by atoms with Crippen LogP contribution in [-0.4, -0.2) is 27.3 Å². The van der Waals surface area contributed by atoms with Crippen molar-refractivity contribution in [1.29, 1.82) is 0 Å². The minimum Gasteiger partial charge on any atom is -0.317 e. The van der Waals surface area contributed by atoms with Gasteiger partial charge < -0.3 is 5.32 Å². The highest BCUT2D eigenvalue weighted by Crippen LogP contribution is 2.11. The Morgan fingerprint density at radius 2 is 1.74 bits per heavy atom. The van der Waals surface area contributed by atoms with Gasteiger partial charge in [0.2, 0.25) is 10.0 Å². The van der Waals surface area contributed by atoms with Gasteiger partial charge in [-0.1, -0.05) is 24.6 Å². The molecule has 0 aliphatic rings. The van der Waals surface area contributed by atoms with Crippen molar-refractivity contribution in [3.8, 4) is 0 Å². The monoisotopic (exact) mass is 284 g/mol. The standard InChI is InChI=1S/C14H24N2O2S/c1-3-10-15-11-4-5-12-19(17,18)16-14-8-6-13(2)7-9-14/h6-9,15-16H,3-5,10-12H2,1-2H3. The highest BCUT2D eigenvalue weighted by atomic mass is 32.2. The highest BCUT2D eigenvalue weighted by Gasteiger charge is 2.09. The molecule has 0 atom stereocenters. The molecule has 0 amide bonds. The summed E-state index contributed by atoms with van der Waals surface area (Å²) in [6.07, 6.45) is 2.67. The summed E-state index contributed by atoms with van der Waals surface area (Å²) >= 11 is 0. The van der Waals surface area contributed by atoms with Gasteiger partial charge in [0.25, 0.3) is 0 Å². The summed E-state index contributed by atoms with van der Waals surface area (Å²) in [4.78, 5) is 0. The van der Waals surface area contributed by atoms with E-state index in [0.717, 1.165) is 31.5 Å². The van der Waals surface area contributed by atoms with Gasteiger partial charge in [0.15, 0.2) is 0 Å². The van der Waals surface area contributed by atoms with Crippen LogP contribution in [0.1, 0.15) is 31.7 Å². The van der Waals surface area contributed by atoms with Crippen LogP contribution in [0.25, 0.3) is 0 Å². The molecule has 0 heterocycles. The maximum absolute atomic E-state index is 11.8. The second kappa shape index (κ2) is 8.17. The van der Waals surface area contributed by atoms with Crippen LogP contribution in [0.2, 0.25) is 0 Å². The number of benzene rings is 1. The molecule has 108 valence electrons. The molecule has 0 aliphatic heterocycles. The molecule has 0 aliphatic carbocycles. The minimum atomic E-state index is -3.22. The van der Waals surface area contributed by atoms with Gasteiger partial charge in [-0.05, 0) is 51.4 Å². The molecule has 0 spiro atoms. The third kappa shape index (κ3) is 7.18. The van der Waals surface area contributed by atoms with Crippen LogP contribution in [0, 0.1) is 6.92 Å². The number of hydrogen-bond acceptors (Lipinski definition) is 3. The van der Waals surface area contributed by atoms with Crippen LogP contribution in [0.3, 0.4) is 0 Å². The molecular weight excluding hydrogens is 260 g/mol. The molecule has 0 saturated heterocycles. The topological polar surface area (TPSA) is 58.2 Å². The zero-order valence-corrected chi connectivity index (χ0v) is 12.6. The van der Waals surface area contributed by atoms with Crippen LogP contribution in [0.4, 0.5) is 5.69 Å². The number of nitrogens with one attached hydrogen (secondary N) is 2. The summed E-state index contributed by atoms with van der Waals surface area (Å²) in [5, 5.41) is 3.26. The van der Waals surface area contributed by atoms with Gasteiger partial charge in [0.05, 0.1) is 5.75 Å². The average Bonchev–Trinajstić information content (AvgIpc) is 2.36. The van der Waals surface area contributed by atoms with E-state index in [0.29, 0.717) is 12.1 Å². The minimum absolute atomic E-state index is 0.175. The number of anilines is 1. The lowest BCUT2D eigenvalue weighted by Gasteiger charge is -2.08. The van der Waals surface area contributed by atoms with Crippen molar-refractivity contribution < 1.29 is 8.42 Å². The molecule has 19 heavy (non-hydrogen) atoms. The molecule has 0 unspecified atom stereocenters. The van der Waals surface area contributed by atoms with Crippen molar-refractivity contribution in [1.82, 2.24) is 5.32 Å². The van der Waals surface area contributed by atoms with Crippen molar-refractivity contribution in [3.63, 3.8) is 0 Å². The molecular formula is C14H24N2O2S. The summed E-state index contributed by atoms with van der Waals surface area (Å²) in [5.41, 5.74) is 1.75. The predicted molar refractivity (Wildman–Crippen MR) is 81.0 cm³/mol. The van der Waals surface area contributed by atoms with Gasteiger partial charge in [0.1, 0.15) is 0 Å². The molecule has 5 heteroatoms. The van der Waals surface area contributed by atoms with Crippen LogP contribution in [0.15, 0.2) is 24.3 Å². The summed E-state index contributed by atoms with van der Waals surface area (Å²) in [7, 11) is -3.22. The fraction of sp³-hybridized carbons (Fsp3) is 0.571. The quantitative estimate of drug-likeness (QED) is 0.685.